The Hall–Kier alpha value is -1.03. The highest BCUT2D eigenvalue weighted by atomic mass is 35.5. The highest BCUT2D eigenvalue weighted by Gasteiger charge is 2.20. The van der Waals surface area contributed by atoms with E-state index in [9.17, 15) is 0 Å². The SMILES string of the molecule is CCOC(C)OCc1c(Cl)cc(OC(C)OCC)cc1OB(O)O. The first-order chi connectivity index (χ1) is 11.4. The van der Waals surface area contributed by atoms with Gasteiger partial charge in [-0.3, -0.25) is 0 Å². The maximum absolute atomic E-state index is 9.10. The van der Waals surface area contributed by atoms with Crippen molar-refractivity contribution in [2.24, 2.45) is 0 Å². The largest absolute Gasteiger partial charge is 0.707 e. The molecule has 0 spiro atoms. The number of benzene rings is 1. The Morgan fingerprint density at radius 3 is 2.25 bits per heavy atom. The first-order valence-corrected chi connectivity index (χ1v) is 8.11. The van der Waals surface area contributed by atoms with Gasteiger partial charge in [-0.2, -0.15) is 0 Å². The van der Waals surface area contributed by atoms with Crippen LogP contribution < -0.4 is 9.39 Å². The zero-order valence-electron chi connectivity index (χ0n) is 14.3. The summed E-state index contributed by atoms with van der Waals surface area (Å²) in [4.78, 5) is 0. The highest BCUT2D eigenvalue weighted by Crippen LogP contribution is 2.34. The Labute approximate surface area is 147 Å². The molecule has 0 saturated heterocycles. The molecule has 1 rings (SSSR count). The van der Waals surface area contributed by atoms with Crippen molar-refractivity contribution >= 4 is 18.9 Å². The molecule has 2 atom stereocenters. The molecule has 136 valence electrons. The average Bonchev–Trinajstić information content (AvgIpc) is 2.46. The van der Waals surface area contributed by atoms with Crippen LogP contribution in [-0.4, -0.2) is 43.2 Å². The summed E-state index contributed by atoms with van der Waals surface area (Å²) in [5.41, 5.74) is 0.452. The molecule has 2 unspecified atom stereocenters. The summed E-state index contributed by atoms with van der Waals surface area (Å²) in [6.45, 7) is 8.27. The van der Waals surface area contributed by atoms with E-state index in [-0.39, 0.29) is 12.4 Å². The van der Waals surface area contributed by atoms with Gasteiger partial charge in [0.1, 0.15) is 11.5 Å². The van der Waals surface area contributed by atoms with Crippen LogP contribution in [0.3, 0.4) is 0 Å². The van der Waals surface area contributed by atoms with E-state index in [2.05, 4.69) is 0 Å². The second kappa shape index (κ2) is 10.8. The number of halogens is 1. The van der Waals surface area contributed by atoms with Crippen LogP contribution in [-0.2, 0) is 20.8 Å². The van der Waals surface area contributed by atoms with Gasteiger partial charge in [-0.05, 0) is 33.8 Å². The van der Waals surface area contributed by atoms with E-state index < -0.39 is 19.9 Å². The van der Waals surface area contributed by atoms with Crippen LogP contribution in [0.4, 0.5) is 0 Å². The molecule has 0 fully saturated rings. The van der Waals surface area contributed by atoms with E-state index in [1.54, 1.807) is 19.9 Å². The standard InChI is InChI=1S/C15H24BClO7/c1-5-20-10(3)22-9-13-14(17)7-12(23-11(4)21-6-2)8-15(13)24-16(18)19/h7-8,10-11,18-19H,5-6,9H2,1-4H3. The third-order valence-electron chi connectivity index (χ3n) is 2.93. The lowest BCUT2D eigenvalue weighted by Crippen LogP contribution is -2.22. The smallest absolute Gasteiger partial charge is 0.512 e. The van der Waals surface area contributed by atoms with Crippen molar-refractivity contribution in [1.82, 2.24) is 0 Å². The lowest BCUT2D eigenvalue weighted by atomic mass is 10.1. The van der Waals surface area contributed by atoms with E-state index in [1.807, 2.05) is 13.8 Å². The molecule has 7 nitrogen and oxygen atoms in total. The number of ether oxygens (including phenoxy) is 4. The first kappa shape index (κ1) is 21.0. The third-order valence-corrected chi connectivity index (χ3v) is 3.26. The van der Waals surface area contributed by atoms with Crippen LogP contribution in [0.5, 0.6) is 11.5 Å². The van der Waals surface area contributed by atoms with Gasteiger partial charge in [0.2, 0.25) is 0 Å². The van der Waals surface area contributed by atoms with Crippen molar-refractivity contribution in [3.05, 3.63) is 22.7 Å². The molecule has 0 amide bonds. The molecule has 0 aromatic heterocycles. The van der Waals surface area contributed by atoms with Crippen molar-refractivity contribution < 1.29 is 33.6 Å². The van der Waals surface area contributed by atoms with Crippen LogP contribution >= 0.6 is 11.6 Å². The Balaban J connectivity index is 2.95. The second-order valence-electron chi connectivity index (χ2n) is 4.80. The molecule has 9 heteroatoms. The molecular formula is C15H24BClO7. The number of hydrogen-bond acceptors (Lipinski definition) is 7. The highest BCUT2D eigenvalue weighted by molar-refractivity contribution is 6.34. The van der Waals surface area contributed by atoms with Gasteiger partial charge in [0.15, 0.2) is 12.6 Å². The van der Waals surface area contributed by atoms with Crippen molar-refractivity contribution in [3.63, 3.8) is 0 Å². The normalized spacial score (nSPS) is 13.5. The third kappa shape index (κ3) is 7.25. The summed E-state index contributed by atoms with van der Waals surface area (Å²) in [7, 11) is -2.00. The molecule has 0 heterocycles. The van der Waals surface area contributed by atoms with E-state index in [4.69, 9.17) is 45.3 Å². The van der Waals surface area contributed by atoms with Gasteiger partial charge in [-0.25, -0.2) is 0 Å². The zero-order valence-corrected chi connectivity index (χ0v) is 15.1. The van der Waals surface area contributed by atoms with Gasteiger partial charge in [-0.1, -0.05) is 11.6 Å². The zero-order chi connectivity index (χ0) is 18.1. The van der Waals surface area contributed by atoms with Crippen molar-refractivity contribution in [3.8, 4) is 11.5 Å². The summed E-state index contributed by atoms with van der Waals surface area (Å²) in [6, 6.07) is 3.07. The Morgan fingerprint density at radius 1 is 1.04 bits per heavy atom. The van der Waals surface area contributed by atoms with Gasteiger partial charge in [0.25, 0.3) is 0 Å². The predicted octanol–water partition coefficient (Wildman–Crippen LogP) is 2.35. The lowest BCUT2D eigenvalue weighted by Gasteiger charge is -2.19. The van der Waals surface area contributed by atoms with E-state index in [0.29, 0.717) is 29.5 Å². The second-order valence-corrected chi connectivity index (χ2v) is 5.21. The van der Waals surface area contributed by atoms with Crippen LogP contribution in [0.2, 0.25) is 5.02 Å². The van der Waals surface area contributed by atoms with Crippen LogP contribution in [0.1, 0.15) is 33.3 Å². The minimum atomic E-state index is -2.00. The summed E-state index contributed by atoms with van der Waals surface area (Å²) in [5, 5.41) is 18.5. The Bertz CT molecular complexity index is 501. The minimum absolute atomic E-state index is 0.0728. The van der Waals surface area contributed by atoms with Crippen LogP contribution in [0.25, 0.3) is 0 Å². The maximum atomic E-state index is 9.10. The van der Waals surface area contributed by atoms with E-state index in [1.165, 1.54) is 6.07 Å². The maximum Gasteiger partial charge on any atom is 0.707 e. The fourth-order valence-corrected chi connectivity index (χ4v) is 2.21. The van der Waals surface area contributed by atoms with Gasteiger partial charge >= 0.3 is 7.32 Å². The molecule has 0 saturated carbocycles. The monoisotopic (exact) mass is 362 g/mol. The Morgan fingerprint density at radius 2 is 1.67 bits per heavy atom. The molecule has 0 aliphatic heterocycles. The number of rotatable bonds is 11. The van der Waals surface area contributed by atoms with Crippen LogP contribution in [0, 0.1) is 0 Å². The first-order valence-electron chi connectivity index (χ1n) is 7.74. The van der Waals surface area contributed by atoms with Gasteiger partial charge < -0.3 is 33.6 Å². The molecule has 0 aliphatic carbocycles. The molecule has 2 N–H and O–H groups in total. The molecule has 1 aromatic carbocycles. The molecular weight excluding hydrogens is 338 g/mol. The molecule has 24 heavy (non-hydrogen) atoms. The summed E-state index contributed by atoms with van der Waals surface area (Å²) in [6.07, 6.45) is -0.926. The molecule has 0 aliphatic rings. The molecule has 1 aromatic rings. The topological polar surface area (TPSA) is 86.6 Å². The van der Waals surface area contributed by atoms with E-state index >= 15 is 0 Å². The quantitative estimate of drug-likeness (QED) is 0.461. The fourth-order valence-electron chi connectivity index (χ4n) is 1.96. The Kier molecular flexibility index (Phi) is 9.42. The van der Waals surface area contributed by atoms with Gasteiger partial charge in [0.05, 0.1) is 11.6 Å². The van der Waals surface area contributed by atoms with Gasteiger partial charge in [-0.15, -0.1) is 0 Å². The summed E-state index contributed by atoms with van der Waals surface area (Å²) >= 11 is 6.25. The van der Waals surface area contributed by atoms with Crippen LogP contribution in [0.15, 0.2) is 12.1 Å². The van der Waals surface area contributed by atoms with Gasteiger partial charge in [0, 0.05) is 24.8 Å². The average molecular weight is 363 g/mol. The predicted molar refractivity (Wildman–Crippen MR) is 89.9 cm³/mol. The molecule has 0 bridgehead atoms. The number of hydrogen-bond donors (Lipinski definition) is 2. The van der Waals surface area contributed by atoms with Crippen molar-refractivity contribution in [2.45, 2.75) is 46.9 Å². The van der Waals surface area contributed by atoms with Crippen molar-refractivity contribution in [2.75, 3.05) is 13.2 Å². The fraction of sp³-hybridized carbons (Fsp3) is 0.600. The summed E-state index contributed by atoms with van der Waals surface area (Å²) < 4.78 is 26.6. The molecule has 0 radical (unpaired) electrons. The summed E-state index contributed by atoms with van der Waals surface area (Å²) in [5.74, 6) is 0.512. The van der Waals surface area contributed by atoms with E-state index in [0.717, 1.165) is 0 Å². The van der Waals surface area contributed by atoms with Crippen molar-refractivity contribution in [1.29, 1.82) is 0 Å². The minimum Gasteiger partial charge on any atom is -0.512 e. The lowest BCUT2D eigenvalue weighted by molar-refractivity contribution is -0.134.